The van der Waals surface area contributed by atoms with Gasteiger partial charge in [0.05, 0.1) is 11.8 Å². The molecule has 1 unspecified atom stereocenters. The third-order valence-corrected chi connectivity index (χ3v) is 5.47. The van der Waals surface area contributed by atoms with Crippen molar-refractivity contribution >= 4 is 46.3 Å². The first-order valence-corrected chi connectivity index (χ1v) is 9.50. The van der Waals surface area contributed by atoms with Gasteiger partial charge in [0.1, 0.15) is 17.6 Å². The lowest BCUT2D eigenvalue weighted by Crippen LogP contribution is -2.29. The number of rotatable bonds is 3. The minimum absolute atomic E-state index is 0.0658. The normalized spacial score (nSPS) is 18.4. The van der Waals surface area contributed by atoms with E-state index in [9.17, 15) is 14.7 Å². The SMILES string of the molecule is Cc1ccc(N2C(=O)C(=O)/C(=C(\O)c3ccc(Cl)cc3)C2c2ccco2)cc1Cl. The summed E-state index contributed by atoms with van der Waals surface area (Å²) in [5, 5.41) is 11.8. The van der Waals surface area contributed by atoms with Crippen LogP contribution < -0.4 is 4.90 Å². The second-order valence-corrected chi connectivity index (χ2v) is 7.47. The molecule has 1 amide bonds. The first-order valence-electron chi connectivity index (χ1n) is 8.75. The van der Waals surface area contributed by atoms with Gasteiger partial charge in [-0.25, -0.2) is 0 Å². The molecule has 0 spiro atoms. The van der Waals surface area contributed by atoms with E-state index in [0.29, 0.717) is 27.1 Å². The van der Waals surface area contributed by atoms with Crippen LogP contribution in [0, 0.1) is 6.92 Å². The molecule has 2 heterocycles. The van der Waals surface area contributed by atoms with Crippen LogP contribution in [0.1, 0.15) is 22.9 Å². The van der Waals surface area contributed by atoms with Crippen LogP contribution in [-0.4, -0.2) is 16.8 Å². The fraction of sp³-hybridized carbons (Fsp3) is 0.0909. The van der Waals surface area contributed by atoms with Gasteiger partial charge in [-0.15, -0.1) is 0 Å². The summed E-state index contributed by atoms with van der Waals surface area (Å²) in [4.78, 5) is 27.1. The molecule has 4 rings (SSSR count). The lowest BCUT2D eigenvalue weighted by molar-refractivity contribution is -0.132. The lowest BCUT2D eigenvalue weighted by atomic mass is 9.99. The summed E-state index contributed by atoms with van der Waals surface area (Å²) in [5.74, 6) is -1.55. The predicted octanol–water partition coefficient (Wildman–Crippen LogP) is 5.52. The topological polar surface area (TPSA) is 70.8 Å². The molecule has 1 atom stereocenters. The highest BCUT2D eigenvalue weighted by atomic mass is 35.5. The minimum atomic E-state index is -0.931. The molecule has 1 aliphatic rings. The zero-order valence-electron chi connectivity index (χ0n) is 15.2. The van der Waals surface area contributed by atoms with Crippen LogP contribution in [0.4, 0.5) is 5.69 Å². The Kier molecular flexibility index (Phi) is 4.94. The first kappa shape index (κ1) is 19.3. The van der Waals surface area contributed by atoms with Crippen LogP contribution in [0.3, 0.4) is 0 Å². The fourth-order valence-corrected chi connectivity index (χ4v) is 3.61. The van der Waals surface area contributed by atoms with E-state index in [1.807, 2.05) is 6.92 Å². The molecule has 0 saturated carbocycles. The summed E-state index contributed by atoms with van der Waals surface area (Å²) in [6, 6.07) is 13.8. The molecule has 1 fully saturated rings. The minimum Gasteiger partial charge on any atom is -0.507 e. The Morgan fingerprint density at radius 3 is 2.41 bits per heavy atom. The third kappa shape index (κ3) is 3.33. The average Bonchev–Trinajstić information content (AvgIpc) is 3.32. The molecule has 29 heavy (non-hydrogen) atoms. The maximum atomic E-state index is 12.9. The van der Waals surface area contributed by atoms with E-state index in [1.54, 1.807) is 54.6 Å². The van der Waals surface area contributed by atoms with E-state index in [-0.39, 0.29) is 11.3 Å². The quantitative estimate of drug-likeness (QED) is 0.339. The number of aliphatic hydroxyl groups is 1. The van der Waals surface area contributed by atoms with Crippen LogP contribution in [0.2, 0.25) is 10.0 Å². The van der Waals surface area contributed by atoms with E-state index >= 15 is 0 Å². The second kappa shape index (κ2) is 7.43. The molecule has 1 aromatic heterocycles. The number of carbonyl (C=O) groups is 2. The fourth-order valence-electron chi connectivity index (χ4n) is 3.31. The van der Waals surface area contributed by atoms with E-state index in [0.717, 1.165) is 5.56 Å². The maximum Gasteiger partial charge on any atom is 0.300 e. The highest BCUT2D eigenvalue weighted by molar-refractivity contribution is 6.51. The molecular formula is C22H15Cl2NO4. The number of furan rings is 1. The Hall–Kier alpha value is -3.02. The van der Waals surface area contributed by atoms with Crippen LogP contribution in [0.25, 0.3) is 5.76 Å². The Bertz CT molecular complexity index is 1130. The van der Waals surface area contributed by atoms with Gasteiger partial charge in [-0.3, -0.25) is 14.5 Å². The maximum absolute atomic E-state index is 12.9. The lowest BCUT2D eigenvalue weighted by Gasteiger charge is -2.23. The number of aliphatic hydroxyl groups excluding tert-OH is 1. The van der Waals surface area contributed by atoms with Crippen LogP contribution in [0.15, 0.2) is 70.9 Å². The summed E-state index contributed by atoms with van der Waals surface area (Å²) in [7, 11) is 0. The summed E-state index contributed by atoms with van der Waals surface area (Å²) in [6.45, 7) is 1.84. The average molecular weight is 428 g/mol. The monoisotopic (exact) mass is 427 g/mol. The number of amides is 1. The molecule has 3 aromatic rings. The molecule has 2 aromatic carbocycles. The molecule has 0 radical (unpaired) electrons. The predicted molar refractivity (Wildman–Crippen MR) is 111 cm³/mol. The molecular weight excluding hydrogens is 413 g/mol. The molecule has 5 nitrogen and oxygen atoms in total. The van der Waals surface area contributed by atoms with Gasteiger partial charge in [0, 0.05) is 21.3 Å². The van der Waals surface area contributed by atoms with Crippen LogP contribution >= 0.6 is 23.2 Å². The van der Waals surface area contributed by atoms with Crippen molar-refractivity contribution in [2.45, 2.75) is 13.0 Å². The number of halogens is 2. The van der Waals surface area contributed by atoms with Gasteiger partial charge in [0.15, 0.2) is 0 Å². The van der Waals surface area contributed by atoms with Crippen molar-refractivity contribution in [2.75, 3.05) is 4.90 Å². The van der Waals surface area contributed by atoms with Crippen molar-refractivity contribution in [1.29, 1.82) is 0 Å². The number of ketones is 1. The van der Waals surface area contributed by atoms with Crippen molar-refractivity contribution in [1.82, 2.24) is 0 Å². The Morgan fingerprint density at radius 2 is 1.79 bits per heavy atom. The summed E-state index contributed by atoms with van der Waals surface area (Å²) >= 11 is 12.2. The Labute approximate surface area is 176 Å². The molecule has 0 aliphatic carbocycles. The van der Waals surface area contributed by atoms with Crippen molar-refractivity contribution in [3.63, 3.8) is 0 Å². The third-order valence-electron chi connectivity index (χ3n) is 4.81. The van der Waals surface area contributed by atoms with Gasteiger partial charge in [-0.1, -0.05) is 29.3 Å². The summed E-state index contributed by atoms with van der Waals surface area (Å²) in [5.41, 5.74) is 1.57. The Morgan fingerprint density at radius 1 is 1.07 bits per heavy atom. The molecule has 1 saturated heterocycles. The van der Waals surface area contributed by atoms with Crippen molar-refractivity contribution < 1.29 is 19.1 Å². The summed E-state index contributed by atoms with van der Waals surface area (Å²) in [6.07, 6.45) is 1.44. The van der Waals surface area contributed by atoms with Crippen molar-refractivity contribution in [3.8, 4) is 0 Å². The zero-order chi connectivity index (χ0) is 20.7. The number of anilines is 1. The van der Waals surface area contributed by atoms with Gasteiger partial charge < -0.3 is 9.52 Å². The molecule has 7 heteroatoms. The molecule has 1 aliphatic heterocycles. The van der Waals surface area contributed by atoms with E-state index < -0.39 is 17.7 Å². The van der Waals surface area contributed by atoms with Crippen molar-refractivity contribution in [3.05, 3.63) is 93.4 Å². The van der Waals surface area contributed by atoms with E-state index in [2.05, 4.69) is 0 Å². The van der Waals surface area contributed by atoms with Crippen LogP contribution in [0.5, 0.6) is 0 Å². The number of benzene rings is 2. The van der Waals surface area contributed by atoms with Crippen LogP contribution in [-0.2, 0) is 9.59 Å². The zero-order valence-corrected chi connectivity index (χ0v) is 16.7. The number of hydrogen-bond donors (Lipinski definition) is 1. The number of hydrogen-bond acceptors (Lipinski definition) is 4. The number of carbonyl (C=O) groups excluding carboxylic acids is 2. The Balaban J connectivity index is 1.92. The number of aryl methyl sites for hydroxylation is 1. The van der Waals surface area contributed by atoms with Gasteiger partial charge >= 0.3 is 0 Å². The highest BCUT2D eigenvalue weighted by Gasteiger charge is 2.48. The van der Waals surface area contributed by atoms with Gasteiger partial charge in [0.25, 0.3) is 11.7 Å². The van der Waals surface area contributed by atoms with Crippen molar-refractivity contribution in [2.24, 2.45) is 0 Å². The number of Topliss-reactive ketones (excluding diaryl/α,β-unsaturated/α-hetero) is 1. The first-order chi connectivity index (χ1) is 13.9. The van der Waals surface area contributed by atoms with Gasteiger partial charge in [-0.2, -0.15) is 0 Å². The molecule has 0 bridgehead atoms. The van der Waals surface area contributed by atoms with Gasteiger partial charge in [-0.05, 0) is 61.0 Å². The summed E-state index contributed by atoms with van der Waals surface area (Å²) < 4.78 is 5.51. The second-order valence-electron chi connectivity index (χ2n) is 6.62. The number of nitrogens with zero attached hydrogens (tertiary/aromatic N) is 1. The smallest absolute Gasteiger partial charge is 0.300 e. The largest absolute Gasteiger partial charge is 0.507 e. The molecule has 1 N–H and O–H groups in total. The van der Waals surface area contributed by atoms with E-state index in [4.69, 9.17) is 27.6 Å². The standard InChI is InChI=1S/C22H15Cl2NO4/c1-12-4-9-15(11-16(12)24)25-19(17-3-2-10-29-17)18(21(27)22(25)28)20(26)13-5-7-14(23)8-6-13/h2-11,19,26H,1H3/b20-18-. The van der Waals surface area contributed by atoms with Gasteiger partial charge in [0.2, 0.25) is 0 Å². The highest BCUT2D eigenvalue weighted by Crippen LogP contribution is 2.43. The van der Waals surface area contributed by atoms with E-state index in [1.165, 1.54) is 11.2 Å². The molecule has 146 valence electrons.